The number of hydrogen-bond donors (Lipinski definition) is 2. The van der Waals surface area contributed by atoms with E-state index in [1.165, 1.54) is 5.56 Å². The van der Waals surface area contributed by atoms with Crippen LogP contribution in [-0.4, -0.2) is 32.1 Å². The quantitative estimate of drug-likeness (QED) is 0.700. The first kappa shape index (κ1) is 22.3. The van der Waals surface area contributed by atoms with E-state index in [0.29, 0.717) is 29.4 Å². The van der Waals surface area contributed by atoms with Gasteiger partial charge in [-0.1, -0.05) is 32.9 Å². The SMILES string of the molecule is CCOc1ccc(NC(=O)CCNC(=O)c2ccc(C(C)(C)C)cc2)cc1OC. The first-order valence-corrected chi connectivity index (χ1v) is 9.74. The Kier molecular flexibility index (Phi) is 7.65. The Morgan fingerprint density at radius 1 is 1.00 bits per heavy atom. The van der Waals surface area contributed by atoms with Gasteiger partial charge in [0.15, 0.2) is 11.5 Å². The normalized spacial score (nSPS) is 10.9. The lowest BCUT2D eigenvalue weighted by Gasteiger charge is -2.19. The molecule has 2 N–H and O–H groups in total. The summed E-state index contributed by atoms with van der Waals surface area (Å²) in [5.74, 6) is 0.787. The number of amides is 2. The Labute approximate surface area is 172 Å². The first-order chi connectivity index (χ1) is 13.7. The summed E-state index contributed by atoms with van der Waals surface area (Å²) in [6, 6.07) is 12.7. The number of ether oxygens (including phenoxy) is 2. The molecule has 0 radical (unpaired) electrons. The van der Waals surface area contributed by atoms with E-state index in [4.69, 9.17) is 9.47 Å². The Hall–Kier alpha value is -3.02. The van der Waals surface area contributed by atoms with Crippen LogP contribution in [0.4, 0.5) is 5.69 Å². The molecular formula is C23H30N2O4. The number of hydrogen-bond acceptors (Lipinski definition) is 4. The molecule has 6 heteroatoms. The fourth-order valence-corrected chi connectivity index (χ4v) is 2.76. The van der Waals surface area contributed by atoms with Crippen molar-refractivity contribution in [3.63, 3.8) is 0 Å². The molecule has 0 aliphatic heterocycles. The maximum atomic E-state index is 12.3. The fraction of sp³-hybridized carbons (Fsp3) is 0.391. The topological polar surface area (TPSA) is 76.7 Å². The summed E-state index contributed by atoms with van der Waals surface area (Å²) >= 11 is 0. The highest BCUT2D eigenvalue weighted by molar-refractivity contribution is 5.95. The minimum absolute atomic E-state index is 0.0383. The monoisotopic (exact) mass is 398 g/mol. The van der Waals surface area contributed by atoms with E-state index < -0.39 is 0 Å². The number of carbonyl (C=O) groups excluding carboxylic acids is 2. The zero-order valence-electron chi connectivity index (χ0n) is 17.8. The minimum atomic E-state index is -0.195. The van der Waals surface area contributed by atoms with Crippen LogP contribution in [0, 0.1) is 0 Å². The van der Waals surface area contributed by atoms with Gasteiger partial charge in [-0.15, -0.1) is 0 Å². The maximum absolute atomic E-state index is 12.3. The van der Waals surface area contributed by atoms with Crippen molar-refractivity contribution < 1.29 is 19.1 Å². The van der Waals surface area contributed by atoms with E-state index in [9.17, 15) is 9.59 Å². The molecule has 0 unspecified atom stereocenters. The summed E-state index contributed by atoms with van der Waals surface area (Å²) in [6.45, 7) is 9.05. The first-order valence-electron chi connectivity index (χ1n) is 9.74. The van der Waals surface area contributed by atoms with Crippen molar-refractivity contribution in [2.24, 2.45) is 0 Å². The second-order valence-electron chi connectivity index (χ2n) is 7.68. The highest BCUT2D eigenvalue weighted by Gasteiger charge is 2.14. The van der Waals surface area contributed by atoms with Crippen LogP contribution in [0.2, 0.25) is 0 Å². The molecule has 0 spiro atoms. The molecule has 0 bridgehead atoms. The summed E-state index contributed by atoms with van der Waals surface area (Å²) in [6.07, 6.45) is 0.168. The lowest BCUT2D eigenvalue weighted by molar-refractivity contribution is -0.116. The van der Waals surface area contributed by atoms with Crippen LogP contribution in [0.25, 0.3) is 0 Å². The smallest absolute Gasteiger partial charge is 0.251 e. The van der Waals surface area contributed by atoms with Gasteiger partial charge in [0.2, 0.25) is 5.91 Å². The highest BCUT2D eigenvalue weighted by Crippen LogP contribution is 2.30. The van der Waals surface area contributed by atoms with E-state index in [1.807, 2.05) is 31.2 Å². The molecule has 0 heterocycles. The second kappa shape index (κ2) is 9.96. The highest BCUT2D eigenvalue weighted by atomic mass is 16.5. The summed E-state index contributed by atoms with van der Waals surface area (Å²) in [5.41, 5.74) is 2.39. The molecule has 0 aliphatic carbocycles. The molecule has 2 amide bonds. The van der Waals surface area contributed by atoms with Crippen LogP contribution < -0.4 is 20.1 Å². The molecule has 0 fully saturated rings. The molecule has 0 aromatic heterocycles. The van der Waals surface area contributed by atoms with Crippen LogP contribution in [0.15, 0.2) is 42.5 Å². The van der Waals surface area contributed by atoms with Crippen LogP contribution in [0.3, 0.4) is 0 Å². The molecule has 29 heavy (non-hydrogen) atoms. The van der Waals surface area contributed by atoms with Crippen LogP contribution in [0.5, 0.6) is 11.5 Å². The van der Waals surface area contributed by atoms with Gasteiger partial charge in [-0.2, -0.15) is 0 Å². The van der Waals surface area contributed by atoms with E-state index >= 15 is 0 Å². The van der Waals surface area contributed by atoms with Gasteiger partial charge in [-0.25, -0.2) is 0 Å². The number of benzene rings is 2. The largest absolute Gasteiger partial charge is 0.493 e. The third-order valence-electron chi connectivity index (χ3n) is 4.40. The summed E-state index contributed by atoms with van der Waals surface area (Å²) < 4.78 is 10.7. The van der Waals surface area contributed by atoms with E-state index in [-0.39, 0.29) is 30.2 Å². The Bertz CT molecular complexity index is 839. The molecule has 6 nitrogen and oxygen atoms in total. The summed E-state index contributed by atoms with van der Waals surface area (Å²) in [4.78, 5) is 24.4. The maximum Gasteiger partial charge on any atom is 0.251 e. The standard InChI is InChI=1S/C23H30N2O4/c1-6-29-19-12-11-18(15-20(19)28-5)25-21(26)13-14-24-22(27)16-7-9-17(10-8-16)23(2,3)4/h7-12,15H,6,13-14H2,1-5H3,(H,24,27)(H,25,26). The average molecular weight is 399 g/mol. The van der Waals surface area contributed by atoms with Gasteiger partial charge in [0.1, 0.15) is 0 Å². The van der Waals surface area contributed by atoms with Gasteiger partial charge in [-0.3, -0.25) is 9.59 Å². The lowest BCUT2D eigenvalue weighted by Crippen LogP contribution is -2.27. The van der Waals surface area contributed by atoms with Gasteiger partial charge in [-0.05, 0) is 42.2 Å². The second-order valence-corrected chi connectivity index (χ2v) is 7.68. The van der Waals surface area contributed by atoms with Crippen molar-refractivity contribution in [1.82, 2.24) is 5.32 Å². The molecular weight excluding hydrogens is 368 g/mol. The number of rotatable bonds is 8. The van der Waals surface area contributed by atoms with Gasteiger partial charge >= 0.3 is 0 Å². The van der Waals surface area contributed by atoms with Crippen molar-refractivity contribution in [2.75, 3.05) is 25.6 Å². The minimum Gasteiger partial charge on any atom is -0.493 e. The molecule has 0 saturated carbocycles. The lowest BCUT2D eigenvalue weighted by atomic mass is 9.87. The summed E-state index contributed by atoms with van der Waals surface area (Å²) in [7, 11) is 1.55. The summed E-state index contributed by atoms with van der Waals surface area (Å²) in [5, 5.41) is 5.58. The Morgan fingerprint density at radius 2 is 1.69 bits per heavy atom. The van der Waals surface area contributed by atoms with Gasteiger partial charge in [0.25, 0.3) is 5.91 Å². The van der Waals surface area contributed by atoms with Crippen LogP contribution in [-0.2, 0) is 10.2 Å². The van der Waals surface area contributed by atoms with Gasteiger partial charge in [0, 0.05) is 30.3 Å². The van der Waals surface area contributed by atoms with Crippen molar-refractivity contribution in [3.05, 3.63) is 53.6 Å². The fourth-order valence-electron chi connectivity index (χ4n) is 2.76. The van der Waals surface area contributed by atoms with Crippen molar-refractivity contribution in [1.29, 1.82) is 0 Å². The van der Waals surface area contributed by atoms with Crippen molar-refractivity contribution in [2.45, 2.75) is 39.5 Å². The number of nitrogens with one attached hydrogen (secondary N) is 2. The number of anilines is 1. The molecule has 2 aromatic carbocycles. The predicted octanol–water partition coefficient (Wildman–Crippen LogP) is 4.15. The van der Waals surface area contributed by atoms with Gasteiger partial charge in [0.05, 0.1) is 13.7 Å². The van der Waals surface area contributed by atoms with E-state index in [1.54, 1.807) is 25.3 Å². The third-order valence-corrected chi connectivity index (χ3v) is 4.40. The molecule has 2 rings (SSSR count). The molecule has 2 aromatic rings. The molecule has 156 valence electrons. The predicted molar refractivity (Wildman–Crippen MR) is 115 cm³/mol. The average Bonchev–Trinajstić information content (AvgIpc) is 2.68. The van der Waals surface area contributed by atoms with Gasteiger partial charge < -0.3 is 20.1 Å². The zero-order chi connectivity index (χ0) is 21.4. The van der Waals surface area contributed by atoms with E-state index in [2.05, 4.69) is 31.4 Å². The third kappa shape index (κ3) is 6.52. The number of methoxy groups -OCH3 is 1. The van der Waals surface area contributed by atoms with Crippen molar-refractivity contribution in [3.8, 4) is 11.5 Å². The zero-order valence-corrected chi connectivity index (χ0v) is 17.8. The number of carbonyl (C=O) groups is 2. The molecule has 0 aliphatic rings. The Balaban J connectivity index is 1.84. The Morgan fingerprint density at radius 3 is 2.28 bits per heavy atom. The molecule has 0 atom stereocenters. The van der Waals surface area contributed by atoms with Crippen molar-refractivity contribution >= 4 is 17.5 Å². The molecule has 0 saturated heterocycles. The van der Waals surface area contributed by atoms with Crippen LogP contribution in [0.1, 0.15) is 50.0 Å². The van der Waals surface area contributed by atoms with Crippen LogP contribution >= 0.6 is 0 Å². The van der Waals surface area contributed by atoms with E-state index in [0.717, 1.165) is 0 Å².